The van der Waals surface area contributed by atoms with Gasteiger partial charge >= 0.3 is 11.9 Å². The second kappa shape index (κ2) is 11.0. The van der Waals surface area contributed by atoms with E-state index in [1.54, 1.807) is 6.92 Å². The van der Waals surface area contributed by atoms with Gasteiger partial charge < -0.3 is 14.0 Å². The van der Waals surface area contributed by atoms with Crippen LogP contribution in [0.5, 0.6) is 0 Å². The van der Waals surface area contributed by atoms with Gasteiger partial charge in [-0.2, -0.15) is 0 Å². The zero-order chi connectivity index (χ0) is 19.6. The number of hydrogen-bond acceptors (Lipinski definition) is 6. The molecule has 0 aliphatic rings. The lowest BCUT2D eigenvalue weighted by molar-refractivity contribution is -0.870. The van der Waals surface area contributed by atoms with Crippen molar-refractivity contribution in [1.82, 2.24) is 0 Å². The van der Waals surface area contributed by atoms with Crippen LogP contribution in [-0.4, -0.2) is 77.7 Å². The maximum Gasteiger partial charge on any atom is 0.333 e. The summed E-state index contributed by atoms with van der Waals surface area (Å²) in [5.41, 5.74) is 0.722. The second-order valence-corrected chi connectivity index (χ2v) is 8.74. The van der Waals surface area contributed by atoms with Crippen molar-refractivity contribution in [2.24, 2.45) is 0 Å². The molecule has 0 unspecified atom stereocenters. The summed E-state index contributed by atoms with van der Waals surface area (Å²) in [6.45, 7) is 11.2. The average molecular weight is 364 g/mol. The summed E-state index contributed by atoms with van der Waals surface area (Å²) in [4.78, 5) is 21.6. The molecule has 0 saturated heterocycles. The van der Waals surface area contributed by atoms with Crippen LogP contribution in [0.4, 0.5) is 0 Å². The number of nitrogens with zero attached hydrogens (tertiary/aromatic N) is 1. The first-order chi connectivity index (χ1) is 10.7. The molecule has 0 aromatic heterocycles. The predicted octanol–water partition coefficient (Wildman–Crippen LogP) is 0.962. The zero-order valence-corrected chi connectivity index (χ0v) is 16.4. The lowest BCUT2D eigenvalue weighted by Crippen LogP contribution is -2.38. The van der Waals surface area contributed by atoms with Gasteiger partial charge in [0.1, 0.15) is 19.8 Å². The van der Waals surface area contributed by atoms with Crippen molar-refractivity contribution in [2.75, 3.05) is 52.9 Å². The molecule has 0 aliphatic heterocycles. The zero-order valence-electron chi connectivity index (χ0n) is 15.5. The second-order valence-electron chi connectivity index (χ2n) is 6.48. The molecule has 0 aromatic rings. The van der Waals surface area contributed by atoms with Crippen LogP contribution in [0.1, 0.15) is 13.8 Å². The fraction of sp³-hybridized carbons (Fsp3) is 0.625. The number of sulfone groups is 1. The SMILES string of the molecule is C=C(C)C(=O)OCCS(C)(=O)=O.C=C(C)C(=O)OCC[N+](C)(C)C. The highest BCUT2D eigenvalue weighted by atomic mass is 32.2. The first kappa shape index (κ1) is 24.6. The maximum absolute atomic E-state index is 10.9. The van der Waals surface area contributed by atoms with Crippen LogP contribution in [0.15, 0.2) is 24.3 Å². The van der Waals surface area contributed by atoms with Crippen LogP contribution in [0.25, 0.3) is 0 Å². The van der Waals surface area contributed by atoms with E-state index in [4.69, 9.17) is 4.74 Å². The number of ether oxygens (including phenoxy) is 2. The minimum absolute atomic E-state index is 0.107. The Morgan fingerprint density at radius 2 is 1.29 bits per heavy atom. The first-order valence-corrected chi connectivity index (χ1v) is 9.35. The molecule has 0 atom stereocenters. The monoisotopic (exact) mass is 364 g/mol. The van der Waals surface area contributed by atoms with Gasteiger partial charge in [0.05, 0.1) is 26.9 Å². The Morgan fingerprint density at radius 1 is 0.917 bits per heavy atom. The standard InChI is InChI=1S/C9H18NO2.C7H12O4S/c1-8(2)9(11)12-7-6-10(3,4)5;1-6(2)7(8)11-4-5-12(3,9)10/h1,6-7H2,2-5H3;1,4-5H2,2-3H3/q+1;. The van der Waals surface area contributed by atoms with Crippen molar-refractivity contribution in [1.29, 1.82) is 0 Å². The Hall–Kier alpha value is -1.67. The lowest BCUT2D eigenvalue weighted by atomic mass is 10.4. The topological polar surface area (TPSA) is 86.7 Å². The molecular formula is C16H30NO6S+. The Labute approximate surface area is 145 Å². The van der Waals surface area contributed by atoms with Crippen molar-refractivity contribution >= 4 is 21.8 Å². The van der Waals surface area contributed by atoms with Crippen molar-refractivity contribution in [2.45, 2.75) is 13.8 Å². The molecule has 0 rings (SSSR count). The first-order valence-electron chi connectivity index (χ1n) is 7.29. The summed E-state index contributed by atoms with van der Waals surface area (Å²) in [7, 11) is 3.10. The van der Waals surface area contributed by atoms with Gasteiger partial charge in [0.15, 0.2) is 9.84 Å². The molecule has 8 heteroatoms. The largest absolute Gasteiger partial charge is 0.461 e. The molecule has 0 fully saturated rings. The quantitative estimate of drug-likeness (QED) is 0.362. The lowest BCUT2D eigenvalue weighted by Gasteiger charge is -2.23. The van der Waals surface area contributed by atoms with Crippen LogP contribution in [0, 0.1) is 0 Å². The molecule has 7 nitrogen and oxygen atoms in total. The molecule has 0 aliphatic carbocycles. The van der Waals surface area contributed by atoms with Gasteiger partial charge in [0, 0.05) is 17.4 Å². The highest BCUT2D eigenvalue weighted by Crippen LogP contribution is 1.94. The number of esters is 2. The van der Waals surface area contributed by atoms with E-state index < -0.39 is 15.8 Å². The fourth-order valence-corrected chi connectivity index (χ4v) is 1.33. The minimum Gasteiger partial charge on any atom is -0.461 e. The van der Waals surface area contributed by atoms with Gasteiger partial charge in [-0.1, -0.05) is 13.2 Å². The maximum atomic E-state index is 10.9. The smallest absolute Gasteiger partial charge is 0.333 e. The highest BCUT2D eigenvalue weighted by Gasteiger charge is 2.09. The number of rotatable bonds is 8. The predicted molar refractivity (Wildman–Crippen MR) is 94.2 cm³/mol. The third-order valence-corrected chi connectivity index (χ3v) is 3.29. The minimum atomic E-state index is -3.05. The Morgan fingerprint density at radius 3 is 1.58 bits per heavy atom. The molecule has 0 spiro atoms. The average Bonchev–Trinajstić information content (AvgIpc) is 2.35. The van der Waals surface area contributed by atoms with Crippen LogP contribution in [0.2, 0.25) is 0 Å². The van der Waals surface area contributed by atoms with E-state index in [9.17, 15) is 18.0 Å². The molecule has 0 N–H and O–H groups in total. The van der Waals surface area contributed by atoms with E-state index in [-0.39, 0.29) is 23.9 Å². The van der Waals surface area contributed by atoms with E-state index in [2.05, 4.69) is 39.0 Å². The van der Waals surface area contributed by atoms with Crippen molar-refractivity contribution in [3.63, 3.8) is 0 Å². The summed E-state index contributed by atoms with van der Waals surface area (Å²) >= 11 is 0. The van der Waals surface area contributed by atoms with Crippen LogP contribution in [0.3, 0.4) is 0 Å². The molecule has 0 heterocycles. The fourth-order valence-electron chi connectivity index (χ4n) is 0.944. The van der Waals surface area contributed by atoms with E-state index in [1.807, 2.05) is 0 Å². The van der Waals surface area contributed by atoms with Crippen molar-refractivity contribution < 1.29 is 32.0 Å². The number of likely N-dealkylation sites (N-methyl/N-ethyl adjacent to an activating group) is 1. The molecule has 140 valence electrons. The Kier molecular flexibility index (Phi) is 11.3. The highest BCUT2D eigenvalue weighted by molar-refractivity contribution is 7.90. The Bertz CT molecular complexity index is 558. The van der Waals surface area contributed by atoms with Crippen molar-refractivity contribution in [3.8, 4) is 0 Å². The molecule has 0 bridgehead atoms. The van der Waals surface area contributed by atoms with Crippen molar-refractivity contribution in [3.05, 3.63) is 24.3 Å². The van der Waals surface area contributed by atoms with Gasteiger partial charge in [0.25, 0.3) is 0 Å². The number of carbonyl (C=O) groups is 2. The van der Waals surface area contributed by atoms with Gasteiger partial charge in [-0.3, -0.25) is 0 Å². The molecule has 24 heavy (non-hydrogen) atoms. The Balaban J connectivity index is 0. The summed E-state index contributed by atoms with van der Waals surface area (Å²) in [5.74, 6) is -1.01. The number of hydrogen-bond donors (Lipinski definition) is 0. The summed E-state index contributed by atoms with van der Waals surface area (Å²) in [6, 6.07) is 0. The summed E-state index contributed by atoms with van der Waals surface area (Å²) in [5, 5.41) is 0. The normalized spacial score (nSPS) is 10.9. The molecule has 0 aromatic carbocycles. The third-order valence-electron chi connectivity index (χ3n) is 2.38. The number of quaternary nitrogens is 1. The van der Waals surface area contributed by atoms with Gasteiger partial charge in [-0.15, -0.1) is 0 Å². The van der Waals surface area contributed by atoms with Crippen LogP contribution < -0.4 is 0 Å². The number of carbonyl (C=O) groups excluding carboxylic acids is 2. The molecule has 0 saturated carbocycles. The van der Waals surface area contributed by atoms with Gasteiger partial charge in [-0.25, -0.2) is 18.0 Å². The third kappa shape index (κ3) is 18.4. The van der Waals surface area contributed by atoms with Crippen LogP contribution in [-0.2, 0) is 28.9 Å². The van der Waals surface area contributed by atoms with Gasteiger partial charge in [-0.05, 0) is 13.8 Å². The molecular weight excluding hydrogens is 334 g/mol. The molecule has 0 amide bonds. The summed E-state index contributed by atoms with van der Waals surface area (Å²) in [6.07, 6.45) is 1.08. The van der Waals surface area contributed by atoms with E-state index >= 15 is 0 Å². The van der Waals surface area contributed by atoms with Crippen LogP contribution >= 0.6 is 0 Å². The van der Waals surface area contributed by atoms with Gasteiger partial charge in [0.2, 0.25) is 0 Å². The summed E-state index contributed by atoms with van der Waals surface area (Å²) < 4.78 is 31.4. The van der Waals surface area contributed by atoms with E-state index in [1.165, 1.54) is 6.92 Å². The van der Waals surface area contributed by atoms with E-state index in [0.29, 0.717) is 12.2 Å². The van der Waals surface area contributed by atoms with E-state index in [0.717, 1.165) is 17.3 Å². The molecule has 0 radical (unpaired) electrons.